The summed E-state index contributed by atoms with van der Waals surface area (Å²) in [4.78, 5) is 14.2. The van der Waals surface area contributed by atoms with Crippen molar-refractivity contribution in [2.45, 2.75) is 5.75 Å². The van der Waals surface area contributed by atoms with Crippen LogP contribution < -0.4 is 9.47 Å². The Morgan fingerprint density at radius 3 is 2.37 bits per heavy atom. The maximum atomic E-state index is 12.6. The Balaban J connectivity index is 1.32. The molecule has 0 aliphatic carbocycles. The number of nitrogens with zero attached hydrogens (tertiary/aromatic N) is 2. The molecule has 0 bridgehead atoms. The Kier molecular flexibility index (Phi) is 6.06. The number of benzene rings is 2. The fraction of sp³-hybridized carbons (Fsp3) is 0.318. The normalized spacial score (nSPS) is 17.3. The molecule has 0 radical (unpaired) electrons. The molecule has 4 rings (SSSR count). The zero-order valence-corrected chi connectivity index (χ0v) is 17.4. The van der Waals surface area contributed by atoms with Crippen LogP contribution >= 0.6 is 0 Å². The lowest BCUT2D eigenvalue weighted by Gasteiger charge is -2.33. The molecule has 0 aromatic heterocycles. The number of carbonyl (C=O) groups is 1. The van der Waals surface area contributed by atoms with E-state index in [1.165, 1.54) is 10.4 Å². The van der Waals surface area contributed by atoms with Crippen molar-refractivity contribution in [2.75, 3.05) is 39.4 Å². The Morgan fingerprint density at radius 1 is 0.933 bits per heavy atom. The molecule has 8 heteroatoms. The zero-order chi connectivity index (χ0) is 21.0. The van der Waals surface area contributed by atoms with Crippen LogP contribution in [0.3, 0.4) is 0 Å². The highest BCUT2D eigenvalue weighted by molar-refractivity contribution is 7.88. The number of fused-ring (bicyclic) bond motifs is 1. The Bertz CT molecular complexity index is 1030. The maximum Gasteiger partial charge on any atom is 0.246 e. The highest BCUT2D eigenvalue weighted by Gasteiger charge is 2.28. The number of hydrogen-bond donors (Lipinski definition) is 0. The summed E-state index contributed by atoms with van der Waals surface area (Å²) in [7, 11) is -3.40. The molecule has 30 heavy (non-hydrogen) atoms. The standard InChI is InChI=1S/C22H24N2O5S/c25-22(9-7-18-6-8-20-21(16-18)29-15-14-28-20)23-10-12-24(13-11-23)30(26,27)17-19-4-2-1-3-5-19/h1-9,16H,10-15,17H2/b9-7+. The van der Waals surface area contributed by atoms with Crippen LogP contribution in [0.4, 0.5) is 0 Å². The van der Waals surface area contributed by atoms with Crippen molar-refractivity contribution in [3.63, 3.8) is 0 Å². The summed E-state index contributed by atoms with van der Waals surface area (Å²) in [5.41, 5.74) is 1.61. The molecule has 0 unspecified atom stereocenters. The second kappa shape index (κ2) is 8.89. The number of carbonyl (C=O) groups excluding carboxylic acids is 1. The molecule has 0 spiro atoms. The first kappa shape index (κ1) is 20.4. The van der Waals surface area contributed by atoms with Crippen LogP contribution in [0.1, 0.15) is 11.1 Å². The molecule has 2 aliphatic rings. The van der Waals surface area contributed by atoms with Crippen LogP contribution in [0.2, 0.25) is 0 Å². The van der Waals surface area contributed by atoms with Gasteiger partial charge in [-0.05, 0) is 29.3 Å². The van der Waals surface area contributed by atoms with E-state index in [2.05, 4.69) is 0 Å². The molecule has 1 saturated heterocycles. The average Bonchev–Trinajstić information content (AvgIpc) is 2.78. The van der Waals surface area contributed by atoms with Gasteiger partial charge < -0.3 is 14.4 Å². The van der Waals surface area contributed by atoms with Gasteiger partial charge >= 0.3 is 0 Å². The minimum atomic E-state index is -3.40. The predicted octanol–water partition coefficient (Wildman–Crippen LogP) is 2.15. The van der Waals surface area contributed by atoms with Gasteiger partial charge in [0.25, 0.3) is 0 Å². The lowest BCUT2D eigenvalue weighted by molar-refractivity contribution is -0.127. The highest BCUT2D eigenvalue weighted by Crippen LogP contribution is 2.31. The minimum absolute atomic E-state index is 0.0220. The number of hydrogen-bond acceptors (Lipinski definition) is 5. The maximum absolute atomic E-state index is 12.6. The van der Waals surface area contributed by atoms with E-state index in [1.807, 2.05) is 36.4 Å². The van der Waals surface area contributed by atoms with Crippen LogP contribution in [0, 0.1) is 0 Å². The smallest absolute Gasteiger partial charge is 0.246 e. The highest BCUT2D eigenvalue weighted by atomic mass is 32.2. The summed E-state index contributed by atoms with van der Waals surface area (Å²) < 4.78 is 37.8. The van der Waals surface area contributed by atoms with Gasteiger partial charge in [0.1, 0.15) is 13.2 Å². The number of sulfonamides is 1. The monoisotopic (exact) mass is 428 g/mol. The van der Waals surface area contributed by atoms with Crippen LogP contribution in [0.5, 0.6) is 11.5 Å². The van der Waals surface area contributed by atoms with Gasteiger partial charge in [-0.25, -0.2) is 8.42 Å². The average molecular weight is 429 g/mol. The van der Waals surface area contributed by atoms with E-state index in [0.717, 1.165) is 11.1 Å². The number of ether oxygens (including phenoxy) is 2. The first-order valence-electron chi connectivity index (χ1n) is 9.90. The molecule has 7 nitrogen and oxygen atoms in total. The Hall–Kier alpha value is -2.84. The summed E-state index contributed by atoms with van der Waals surface area (Å²) in [6.07, 6.45) is 3.25. The quantitative estimate of drug-likeness (QED) is 0.682. The van der Waals surface area contributed by atoms with Gasteiger partial charge in [0.2, 0.25) is 15.9 Å². The number of piperazine rings is 1. The van der Waals surface area contributed by atoms with Crippen molar-refractivity contribution in [1.82, 2.24) is 9.21 Å². The van der Waals surface area contributed by atoms with Gasteiger partial charge in [0.15, 0.2) is 11.5 Å². The van der Waals surface area contributed by atoms with E-state index in [-0.39, 0.29) is 11.7 Å². The third-order valence-corrected chi connectivity index (χ3v) is 6.97. The molecule has 2 aromatic carbocycles. The second-order valence-corrected chi connectivity index (χ2v) is 9.17. The van der Waals surface area contributed by atoms with Gasteiger partial charge in [0, 0.05) is 32.3 Å². The van der Waals surface area contributed by atoms with Crippen LogP contribution in [0.15, 0.2) is 54.6 Å². The summed E-state index contributed by atoms with van der Waals surface area (Å²) in [6, 6.07) is 14.7. The van der Waals surface area contributed by atoms with E-state index < -0.39 is 10.0 Å². The van der Waals surface area contributed by atoms with Gasteiger partial charge in [0.05, 0.1) is 5.75 Å². The van der Waals surface area contributed by atoms with Crippen molar-refractivity contribution < 1.29 is 22.7 Å². The van der Waals surface area contributed by atoms with E-state index in [4.69, 9.17) is 9.47 Å². The molecule has 1 fully saturated rings. The third kappa shape index (κ3) is 4.83. The molecule has 2 aliphatic heterocycles. The Labute approximate surface area is 176 Å². The van der Waals surface area contributed by atoms with E-state index in [1.54, 1.807) is 23.1 Å². The first-order chi connectivity index (χ1) is 14.5. The van der Waals surface area contributed by atoms with E-state index in [9.17, 15) is 13.2 Å². The first-order valence-corrected chi connectivity index (χ1v) is 11.5. The molecule has 2 aromatic rings. The topological polar surface area (TPSA) is 76.2 Å². The SMILES string of the molecule is O=C(/C=C/c1ccc2c(c1)OCCO2)N1CCN(S(=O)(=O)Cc2ccccc2)CC1. The fourth-order valence-corrected chi connectivity index (χ4v) is 5.02. The van der Waals surface area contributed by atoms with Crippen molar-refractivity contribution >= 4 is 22.0 Å². The van der Waals surface area contributed by atoms with Crippen LogP contribution in [-0.2, 0) is 20.6 Å². The van der Waals surface area contributed by atoms with Crippen LogP contribution in [0.25, 0.3) is 6.08 Å². The number of rotatable bonds is 5. The third-order valence-electron chi connectivity index (χ3n) is 5.12. The molecule has 0 N–H and O–H groups in total. The summed E-state index contributed by atoms with van der Waals surface area (Å²) in [5.74, 6) is 1.22. The molecule has 1 amide bonds. The van der Waals surface area contributed by atoms with E-state index in [0.29, 0.717) is 50.9 Å². The Morgan fingerprint density at radius 2 is 1.63 bits per heavy atom. The lowest BCUT2D eigenvalue weighted by atomic mass is 10.1. The van der Waals surface area contributed by atoms with Gasteiger partial charge in [-0.1, -0.05) is 36.4 Å². The van der Waals surface area contributed by atoms with Crippen molar-refractivity contribution in [3.05, 3.63) is 65.7 Å². The summed E-state index contributed by atoms with van der Waals surface area (Å²) >= 11 is 0. The molecule has 0 saturated carbocycles. The predicted molar refractivity (Wildman–Crippen MR) is 114 cm³/mol. The summed E-state index contributed by atoms with van der Waals surface area (Å²) in [5, 5.41) is 0. The summed E-state index contributed by atoms with van der Waals surface area (Å²) in [6.45, 7) is 2.40. The van der Waals surface area contributed by atoms with Crippen molar-refractivity contribution in [3.8, 4) is 11.5 Å². The van der Waals surface area contributed by atoms with Crippen molar-refractivity contribution in [1.29, 1.82) is 0 Å². The minimum Gasteiger partial charge on any atom is -0.486 e. The largest absolute Gasteiger partial charge is 0.486 e. The molecule has 158 valence electrons. The molecular weight excluding hydrogens is 404 g/mol. The second-order valence-electron chi connectivity index (χ2n) is 7.20. The molecular formula is C22H24N2O5S. The van der Waals surface area contributed by atoms with Gasteiger partial charge in [-0.2, -0.15) is 4.31 Å². The zero-order valence-electron chi connectivity index (χ0n) is 16.6. The molecule has 0 atom stereocenters. The fourth-order valence-electron chi connectivity index (χ4n) is 3.50. The molecule has 2 heterocycles. The van der Waals surface area contributed by atoms with Gasteiger partial charge in [-0.15, -0.1) is 0 Å². The van der Waals surface area contributed by atoms with Gasteiger partial charge in [-0.3, -0.25) is 4.79 Å². The van der Waals surface area contributed by atoms with Crippen LogP contribution in [-0.4, -0.2) is 62.9 Å². The number of amides is 1. The van der Waals surface area contributed by atoms with E-state index >= 15 is 0 Å². The lowest BCUT2D eigenvalue weighted by Crippen LogP contribution is -2.50. The van der Waals surface area contributed by atoms with Crippen molar-refractivity contribution in [2.24, 2.45) is 0 Å².